The number of rotatable bonds is 7. The fraction of sp³-hybridized carbons (Fsp3) is 0.222. The first-order valence-electron chi connectivity index (χ1n) is 14.5. The van der Waals surface area contributed by atoms with Crippen molar-refractivity contribution < 1.29 is 4.74 Å². The quantitative estimate of drug-likeness (QED) is 0.198. The van der Waals surface area contributed by atoms with Crippen LogP contribution < -0.4 is 15.0 Å². The second-order valence-corrected chi connectivity index (χ2v) is 11.4. The lowest BCUT2D eigenvalue weighted by atomic mass is 9.96. The van der Waals surface area contributed by atoms with Gasteiger partial charge in [-0.05, 0) is 118 Å². The predicted octanol–water partition coefficient (Wildman–Crippen LogP) is 8.64. The number of benzene rings is 3. The van der Waals surface area contributed by atoms with Crippen LogP contribution >= 0.6 is 12.2 Å². The summed E-state index contributed by atoms with van der Waals surface area (Å²) in [5.41, 5.74) is 10.7. The van der Waals surface area contributed by atoms with Gasteiger partial charge in [-0.1, -0.05) is 48.9 Å². The Hall–Kier alpha value is -4.42. The Labute approximate surface area is 253 Å². The number of nitrogens with one attached hydrogen (secondary N) is 1. The lowest BCUT2D eigenvalue weighted by Gasteiger charge is -2.28. The van der Waals surface area contributed by atoms with Crippen LogP contribution in [0.25, 0.3) is 5.69 Å². The van der Waals surface area contributed by atoms with Gasteiger partial charge in [-0.3, -0.25) is 4.98 Å². The number of hydrogen-bond acceptors (Lipinski definition) is 3. The van der Waals surface area contributed by atoms with E-state index in [0.717, 1.165) is 29.3 Å². The number of aromatic nitrogens is 2. The number of nitrogens with zero attached hydrogens (tertiary/aromatic N) is 3. The zero-order chi connectivity index (χ0) is 29.4. The van der Waals surface area contributed by atoms with Crippen molar-refractivity contribution in [3.8, 4) is 17.2 Å². The maximum absolute atomic E-state index is 6.12. The largest absolute Gasteiger partial charge is 0.457 e. The molecule has 2 atom stereocenters. The van der Waals surface area contributed by atoms with Crippen LogP contribution in [-0.4, -0.2) is 14.7 Å². The van der Waals surface area contributed by atoms with Crippen molar-refractivity contribution in [2.45, 2.75) is 53.1 Å². The molecule has 1 aliphatic rings. The van der Waals surface area contributed by atoms with Crippen LogP contribution in [0.15, 0.2) is 97.2 Å². The summed E-state index contributed by atoms with van der Waals surface area (Å²) < 4.78 is 8.53. The number of ether oxygens (including phenoxy) is 1. The molecule has 2 aromatic heterocycles. The third kappa shape index (κ3) is 5.07. The van der Waals surface area contributed by atoms with E-state index < -0.39 is 0 Å². The predicted molar refractivity (Wildman–Crippen MR) is 175 cm³/mol. The molecule has 42 heavy (non-hydrogen) atoms. The van der Waals surface area contributed by atoms with Gasteiger partial charge in [0.2, 0.25) is 0 Å². The molecule has 5 aromatic rings. The van der Waals surface area contributed by atoms with Crippen LogP contribution in [0.4, 0.5) is 5.69 Å². The summed E-state index contributed by atoms with van der Waals surface area (Å²) in [7, 11) is 0. The lowest BCUT2D eigenvalue weighted by molar-refractivity contribution is 0.482. The molecule has 212 valence electrons. The third-order valence-corrected chi connectivity index (χ3v) is 8.50. The minimum atomic E-state index is -0.112. The Kier molecular flexibility index (Phi) is 7.56. The summed E-state index contributed by atoms with van der Waals surface area (Å²) in [6.45, 7) is 10.9. The summed E-state index contributed by atoms with van der Waals surface area (Å²) in [5.74, 6) is 1.60. The highest BCUT2D eigenvalue weighted by Crippen LogP contribution is 2.44. The fourth-order valence-electron chi connectivity index (χ4n) is 6.12. The normalized spacial score (nSPS) is 16.5. The average Bonchev–Trinajstić information content (AvgIpc) is 3.49. The first-order valence-corrected chi connectivity index (χ1v) is 14.9. The summed E-state index contributed by atoms with van der Waals surface area (Å²) in [5, 5.41) is 4.29. The van der Waals surface area contributed by atoms with E-state index in [-0.39, 0.29) is 12.1 Å². The molecule has 1 saturated heterocycles. The molecule has 0 amide bonds. The topological polar surface area (TPSA) is 42.3 Å². The molecule has 0 saturated carbocycles. The SMILES string of the molecule is CCc1cccc(C)c1-n1c(C)cc([C@H]2[C@@H](c3ccccn3)NC(=S)N2c2ccc(Oc3ccc(C)cc3)cc2)c1C. The van der Waals surface area contributed by atoms with Gasteiger partial charge >= 0.3 is 0 Å². The minimum absolute atomic E-state index is 0.0923. The van der Waals surface area contributed by atoms with Crippen molar-refractivity contribution >= 4 is 23.0 Å². The second kappa shape index (κ2) is 11.5. The first kappa shape index (κ1) is 27.7. The number of aryl methyl sites for hydroxylation is 4. The van der Waals surface area contributed by atoms with Crippen molar-refractivity contribution in [1.82, 2.24) is 14.9 Å². The van der Waals surface area contributed by atoms with Crippen LogP contribution in [0.2, 0.25) is 0 Å². The van der Waals surface area contributed by atoms with E-state index in [1.807, 2.05) is 42.6 Å². The Balaban J connectivity index is 1.43. The molecular weight excluding hydrogens is 536 g/mol. The Morgan fingerprint density at radius 1 is 0.857 bits per heavy atom. The van der Waals surface area contributed by atoms with Crippen molar-refractivity contribution in [2.75, 3.05) is 4.90 Å². The number of anilines is 1. The molecule has 0 radical (unpaired) electrons. The van der Waals surface area contributed by atoms with E-state index >= 15 is 0 Å². The van der Waals surface area contributed by atoms with E-state index in [1.54, 1.807) is 0 Å². The zero-order valence-electron chi connectivity index (χ0n) is 24.8. The van der Waals surface area contributed by atoms with Gasteiger partial charge in [-0.2, -0.15) is 0 Å². The van der Waals surface area contributed by atoms with Crippen molar-refractivity contribution in [3.63, 3.8) is 0 Å². The van der Waals surface area contributed by atoms with Crippen LogP contribution in [0.5, 0.6) is 11.5 Å². The molecule has 1 aliphatic heterocycles. The molecule has 0 unspecified atom stereocenters. The highest BCUT2D eigenvalue weighted by atomic mass is 32.1. The van der Waals surface area contributed by atoms with Crippen molar-refractivity contribution in [3.05, 3.63) is 137 Å². The van der Waals surface area contributed by atoms with Gasteiger partial charge < -0.3 is 19.5 Å². The van der Waals surface area contributed by atoms with Gasteiger partial charge in [0.1, 0.15) is 11.5 Å². The highest BCUT2D eigenvalue weighted by Gasteiger charge is 2.42. The standard InChI is InChI=1S/C36H36N4OS/c1-6-27-11-9-10-24(3)34(27)39-25(4)22-31(26(39)5)35-33(32-12-7-8-21-37-32)38-36(42)40(35)28-15-19-30(20-16-28)41-29-17-13-23(2)14-18-29/h7-22,33,35H,6H2,1-5H3,(H,38,42)/t33-,35+/m1/s1. The Morgan fingerprint density at radius 3 is 2.24 bits per heavy atom. The molecule has 5 nitrogen and oxygen atoms in total. The third-order valence-electron chi connectivity index (χ3n) is 8.18. The van der Waals surface area contributed by atoms with Gasteiger partial charge in [0, 0.05) is 23.3 Å². The number of hydrogen-bond donors (Lipinski definition) is 1. The maximum Gasteiger partial charge on any atom is 0.174 e. The second-order valence-electron chi connectivity index (χ2n) is 11.0. The van der Waals surface area contributed by atoms with Gasteiger partial charge in [0.05, 0.1) is 23.5 Å². The van der Waals surface area contributed by atoms with Crippen LogP contribution in [0.3, 0.4) is 0 Å². The van der Waals surface area contributed by atoms with Crippen molar-refractivity contribution in [1.29, 1.82) is 0 Å². The zero-order valence-corrected chi connectivity index (χ0v) is 25.6. The summed E-state index contributed by atoms with van der Waals surface area (Å²) in [4.78, 5) is 6.98. The van der Waals surface area contributed by atoms with E-state index in [1.165, 1.54) is 39.3 Å². The highest BCUT2D eigenvalue weighted by molar-refractivity contribution is 7.80. The number of pyridine rings is 1. The van der Waals surface area contributed by atoms with Crippen LogP contribution in [0.1, 0.15) is 58.3 Å². The smallest absolute Gasteiger partial charge is 0.174 e. The van der Waals surface area contributed by atoms with Crippen LogP contribution in [-0.2, 0) is 6.42 Å². The number of thiocarbonyl (C=S) groups is 1. The van der Waals surface area contributed by atoms with E-state index in [0.29, 0.717) is 5.11 Å². The van der Waals surface area contributed by atoms with Gasteiger partial charge in [-0.15, -0.1) is 0 Å². The summed E-state index contributed by atoms with van der Waals surface area (Å²) in [6, 6.07) is 31.0. The van der Waals surface area contributed by atoms with Gasteiger partial charge in [-0.25, -0.2) is 0 Å². The van der Waals surface area contributed by atoms with E-state index in [4.69, 9.17) is 21.9 Å². The fourth-order valence-corrected chi connectivity index (χ4v) is 6.47. The molecule has 0 bridgehead atoms. The minimum Gasteiger partial charge on any atom is -0.457 e. The Morgan fingerprint density at radius 2 is 1.57 bits per heavy atom. The molecule has 3 heterocycles. The van der Waals surface area contributed by atoms with E-state index in [9.17, 15) is 0 Å². The molecule has 3 aromatic carbocycles. The molecule has 6 heteroatoms. The van der Waals surface area contributed by atoms with Crippen molar-refractivity contribution in [2.24, 2.45) is 0 Å². The lowest BCUT2D eigenvalue weighted by Crippen LogP contribution is -2.29. The molecule has 0 spiro atoms. The average molecular weight is 573 g/mol. The van der Waals surface area contributed by atoms with E-state index in [2.05, 4.69) is 104 Å². The Bertz CT molecular complexity index is 1730. The summed E-state index contributed by atoms with van der Waals surface area (Å²) >= 11 is 6.01. The molecular formula is C36H36N4OS. The van der Waals surface area contributed by atoms with Crippen LogP contribution in [0, 0.1) is 27.7 Å². The maximum atomic E-state index is 6.12. The molecule has 6 rings (SSSR count). The molecule has 1 fully saturated rings. The molecule has 1 N–H and O–H groups in total. The molecule has 0 aliphatic carbocycles. The summed E-state index contributed by atoms with van der Waals surface area (Å²) in [6.07, 6.45) is 2.82. The van der Waals surface area contributed by atoms with Gasteiger partial charge in [0.25, 0.3) is 0 Å². The first-order chi connectivity index (χ1) is 20.4. The monoisotopic (exact) mass is 572 g/mol. The number of para-hydroxylation sites is 1. The van der Waals surface area contributed by atoms with Gasteiger partial charge in [0.15, 0.2) is 5.11 Å².